The van der Waals surface area contributed by atoms with Crippen LogP contribution in [0.15, 0.2) is 54.6 Å². The van der Waals surface area contributed by atoms with Gasteiger partial charge in [-0.1, -0.05) is 54.6 Å². The number of rotatable bonds is 13. The molecule has 13 nitrogen and oxygen atoms in total. The number of ether oxygens (including phenoxy) is 1. The van der Waals surface area contributed by atoms with Crippen LogP contribution >= 0.6 is 0 Å². The highest BCUT2D eigenvalue weighted by Gasteiger charge is 2.44. The normalized spacial score (nSPS) is 20.8. The lowest BCUT2D eigenvalue weighted by atomic mass is 9.87. The first-order chi connectivity index (χ1) is 25.7. The lowest BCUT2D eigenvalue weighted by Crippen LogP contribution is -2.65. The summed E-state index contributed by atoms with van der Waals surface area (Å²) >= 11 is 0. The number of carbonyl (C=O) groups is 5. The molecule has 13 heteroatoms. The van der Waals surface area contributed by atoms with Gasteiger partial charge >= 0.3 is 12.2 Å². The number of nitrogens with one attached hydrogen (secondary N) is 2. The monoisotopic (exact) mass is 746 g/mol. The van der Waals surface area contributed by atoms with Gasteiger partial charge in [0.05, 0.1) is 6.04 Å². The molecule has 0 aromatic heterocycles. The van der Waals surface area contributed by atoms with E-state index in [1.165, 1.54) is 22.4 Å². The fourth-order valence-electron chi connectivity index (χ4n) is 7.77. The third-order valence-electron chi connectivity index (χ3n) is 10.9. The quantitative estimate of drug-likeness (QED) is 0.244. The van der Waals surface area contributed by atoms with Crippen LogP contribution in [0.2, 0.25) is 0 Å². The zero-order valence-electron chi connectivity index (χ0n) is 32.5. The largest absolute Gasteiger partial charge is 0.465 e. The summed E-state index contributed by atoms with van der Waals surface area (Å²) in [4.78, 5) is 74.1. The summed E-state index contributed by atoms with van der Waals surface area (Å²) in [5.41, 5.74) is 2.45. The Morgan fingerprint density at radius 3 is 2.41 bits per heavy atom. The van der Waals surface area contributed by atoms with Crippen LogP contribution in [0, 0.1) is 0 Å². The number of hydrogen-bond donors (Lipinski definition) is 3. The van der Waals surface area contributed by atoms with Crippen LogP contribution in [0.3, 0.4) is 0 Å². The third kappa shape index (κ3) is 10.5. The second-order valence-corrected chi connectivity index (χ2v) is 16.0. The summed E-state index contributed by atoms with van der Waals surface area (Å²) in [6, 6.07) is 14.8. The molecular formula is C41H58N6O7. The number of hydrogen-bond acceptors (Lipinski definition) is 7. The molecule has 0 radical (unpaired) electrons. The molecule has 2 fully saturated rings. The van der Waals surface area contributed by atoms with Gasteiger partial charge in [0.2, 0.25) is 17.7 Å². The molecule has 1 aliphatic carbocycles. The number of piperazine rings is 1. The van der Waals surface area contributed by atoms with E-state index in [-0.39, 0.29) is 43.4 Å². The molecule has 2 saturated heterocycles. The van der Waals surface area contributed by atoms with Crippen molar-refractivity contribution in [2.45, 2.75) is 121 Å². The molecule has 2 aromatic rings. The molecule has 3 N–H and O–H groups in total. The molecule has 1 unspecified atom stereocenters. The molecule has 0 spiro atoms. The lowest BCUT2D eigenvalue weighted by Gasteiger charge is -2.44. The van der Waals surface area contributed by atoms with Crippen molar-refractivity contribution in [1.82, 2.24) is 30.2 Å². The predicted molar refractivity (Wildman–Crippen MR) is 204 cm³/mol. The second kappa shape index (κ2) is 18.1. The van der Waals surface area contributed by atoms with Crippen LogP contribution in [-0.2, 0) is 32.1 Å². The van der Waals surface area contributed by atoms with Crippen molar-refractivity contribution in [1.29, 1.82) is 0 Å². The Bertz CT molecular complexity index is 1630. The number of benzene rings is 2. The van der Waals surface area contributed by atoms with Crippen molar-refractivity contribution in [2.24, 2.45) is 0 Å². The van der Waals surface area contributed by atoms with Crippen molar-refractivity contribution >= 4 is 29.9 Å². The molecule has 2 aliphatic heterocycles. The van der Waals surface area contributed by atoms with Gasteiger partial charge in [-0.2, -0.15) is 0 Å². The maximum atomic E-state index is 14.7. The standard InChI is InChI=1S/C41H58N6O7/c1-28(44(5)40(53)54-41(2,3)4)36(48)43-34(21-11-12-23-46(39(51)52)25-29-15-7-6-8-16-29)38(50)47-26-31-19-14-24-45(31)27-35(47)37(49)42-33-22-13-18-30-17-9-10-20-32(30)33/h6-10,15-17,20,28,31,33-35H,11-14,18-19,21-27H2,1-5H3,(H,42,49)(H,43,48)(H,51,52)/t28-,31+,33?,34-,35-/m0/s1. The summed E-state index contributed by atoms with van der Waals surface area (Å²) in [5, 5.41) is 16.1. The Kier molecular flexibility index (Phi) is 13.6. The smallest absolute Gasteiger partial charge is 0.410 e. The van der Waals surface area contributed by atoms with Gasteiger partial charge in [0, 0.05) is 39.3 Å². The lowest BCUT2D eigenvalue weighted by molar-refractivity contribution is -0.148. The van der Waals surface area contributed by atoms with E-state index in [9.17, 15) is 29.1 Å². The molecule has 294 valence electrons. The van der Waals surface area contributed by atoms with Gasteiger partial charge in [0.1, 0.15) is 23.7 Å². The highest BCUT2D eigenvalue weighted by Crippen LogP contribution is 2.31. The molecule has 2 aromatic carbocycles. The number of nitrogens with zero attached hydrogens (tertiary/aromatic N) is 4. The molecule has 0 saturated carbocycles. The second-order valence-electron chi connectivity index (χ2n) is 16.0. The Labute approximate surface area is 319 Å². The van der Waals surface area contributed by atoms with Crippen LogP contribution in [0.4, 0.5) is 9.59 Å². The van der Waals surface area contributed by atoms with Gasteiger partial charge in [-0.25, -0.2) is 9.59 Å². The molecular weight excluding hydrogens is 688 g/mol. The molecule has 0 bridgehead atoms. The van der Waals surface area contributed by atoms with Gasteiger partial charge in [0.25, 0.3) is 0 Å². The summed E-state index contributed by atoms with van der Waals surface area (Å²) in [6.45, 7) is 8.91. The van der Waals surface area contributed by atoms with Crippen molar-refractivity contribution in [3.63, 3.8) is 0 Å². The first-order valence-electron chi connectivity index (χ1n) is 19.4. The van der Waals surface area contributed by atoms with Crippen LogP contribution in [0.1, 0.15) is 95.4 Å². The fourth-order valence-corrected chi connectivity index (χ4v) is 7.77. The fraction of sp³-hybridized carbons (Fsp3) is 0.585. The Morgan fingerprint density at radius 1 is 0.963 bits per heavy atom. The Hall–Kier alpha value is -4.65. The highest BCUT2D eigenvalue weighted by molar-refractivity contribution is 5.94. The minimum atomic E-state index is -1.04. The van der Waals surface area contributed by atoms with E-state index in [2.05, 4.69) is 27.7 Å². The van der Waals surface area contributed by atoms with E-state index in [1.54, 1.807) is 32.6 Å². The van der Waals surface area contributed by atoms with Crippen molar-refractivity contribution < 1.29 is 33.8 Å². The molecule has 54 heavy (non-hydrogen) atoms. The number of fused-ring (bicyclic) bond motifs is 2. The van der Waals surface area contributed by atoms with E-state index in [4.69, 9.17) is 4.74 Å². The van der Waals surface area contributed by atoms with Crippen LogP contribution < -0.4 is 10.6 Å². The minimum Gasteiger partial charge on any atom is -0.465 e. The van der Waals surface area contributed by atoms with Crippen molar-refractivity contribution in [2.75, 3.05) is 33.2 Å². The zero-order valence-corrected chi connectivity index (χ0v) is 32.5. The van der Waals surface area contributed by atoms with E-state index in [1.807, 2.05) is 42.5 Å². The summed E-state index contributed by atoms with van der Waals surface area (Å²) in [6.07, 6.45) is 4.03. The van der Waals surface area contributed by atoms with Gasteiger partial charge < -0.3 is 30.3 Å². The highest BCUT2D eigenvalue weighted by atomic mass is 16.6. The molecule has 5 atom stereocenters. The minimum absolute atomic E-state index is 0.115. The maximum absolute atomic E-state index is 14.7. The number of aryl methyl sites for hydroxylation is 1. The first kappa shape index (κ1) is 40.5. The van der Waals surface area contributed by atoms with Crippen molar-refractivity contribution in [3.05, 3.63) is 71.3 Å². The number of carboxylic acid groups (broad SMARTS) is 1. The summed E-state index contributed by atoms with van der Waals surface area (Å²) < 4.78 is 5.48. The van der Waals surface area contributed by atoms with E-state index in [0.717, 1.165) is 49.8 Å². The SMILES string of the molecule is C[C@@H](C(=O)N[C@@H](CCCCN(Cc1ccccc1)C(=O)O)C(=O)N1C[C@H]2CCCN2C[C@H]1C(=O)NC1CCCc2ccccc21)N(C)C(=O)OC(C)(C)C. The number of unbranched alkanes of at least 4 members (excludes halogenated alkanes) is 1. The van der Waals surface area contributed by atoms with E-state index >= 15 is 0 Å². The first-order valence-corrected chi connectivity index (χ1v) is 19.4. The van der Waals surface area contributed by atoms with Crippen LogP contribution in [-0.4, -0.2) is 118 Å². The Morgan fingerprint density at radius 2 is 1.69 bits per heavy atom. The van der Waals surface area contributed by atoms with E-state index in [0.29, 0.717) is 25.9 Å². The average Bonchev–Trinajstić information content (AvgIpc) is 3.61. The average molecular weight is 747 g/mol. The zero-order chi connectivity index (χ0) is 39.0. The topological polar surface area (TPSA) is 152 Å². The van der Waals surface area contributed by atoms with Crippen LogP contribution in [0.5, 0.6) is 0 Å². The van der Waals surface area contributed by atoms with Gasteiger partial charge in [-0.3, -0.25) is 24.2 Å². The summed E-state index contributed by atoms with van der Waals surface area (Å²) in [5.74, 6) is -1.10. The van der Waals surface area contributed by atoms with Crippen molar-refractivity contribution in [3.8, 4) is 0 Å². The van der Waals surface area contributed by atoms with E-state index < -0.39 is 41.8 Å². The molecule has 5 rings (SSSR count). The summed E-state index contributed by atoms with van der Waals surface area (Å²) in [7, 11) is 1.48. The molecule has 3 aliphatic rings. The van der Waals surface area contributed by atoms with Gasteiger partial charge in [-0.15, -0.1) is 0 Å². The van der Waals surface area contributed by atoms with Gasteiger partial charge in [0.15, 0.2) is 0 Å². The molecule has 5 amide bonds. The predicted octanol–water partition coefficient (Wildman–Crippen LogP) is 4.95. The third-order valence-corrected chi connectivity index (χ3v) is 10.9. The van der Waals surface area contributed by atoms with Gasteiger partial charge in [-0.05, 0) is 102 Å². The van der Waals surface area contributed by atoms with Crippen LogP contribution in [0.25, 0.3) is 0 Å². The Balaban J connectivity index is 1.33. The number of carbonyl (C=O) groups excluding carboxylic acids is 4. The maximum Gasteiger partial charge on any atom is 0.410 e. The molecule has 2 heterocycles. The number of amides is 5. The number of likely N-dealkylation sites (N-methyl/N-ethyl adjacent to an activating group) is 1.